The van der Waals surface area contributed by atoms with Crippen LogP contribution in [0.25, 0.3) is 0 Å². The molecule has 7 heteroatoms. The van der Waals surface area contributed by atoms with Crippen molar-refractivity contribution in [1.82, 2.24) is 10.2 Å². The molecule has 2 atom stereocenters. The van der Waals surface area contributed by atoms with Crippen molar-refractivity contribution in [3.63, 3.8) is 0 Å². The first-order chi connectivity index (χ1) is 12.7. The maximum Gasteiger partial charge on any atom is 0.254 e. The number of hydrogen-bond donors (Lipinski definition) is 2. The van der Waals surface area contributed by atoms with Crippen molar-refractivity contribution in [2.75, 3.05) is 31.6 Å². The summed E-state index contributed by atoms with van der Waals surface area (Å²) >= 11 is 0. The number of benzene rings is 1. The standard InChI is InChI=1S/C20H27N3O3.ClH/c24-19(13-14-11-17-5-6-18(12-14)21-17)22-16-3-1-15(2-4-16)20(25)23-7-9-26-10-8-23;/h1-4,14,17-18,21H,5-13H2,(H,22,24);1H. The van der Waals surface area contributed by atoms with Gasteiger partial charge in [-0.25, -0.2) is 0 Å². The van der Waals surface area contributed by atoms with E-state index in [1.807, 2.05) is 17.0 Å². The summed E-state index contributed by atoms with van der Waals surface area (Å²) in [5, 5.41) is 6.59. The molecule has 3 aliphatic heterocycles. The van der Waals surface area contributed by atoms with E-state index >= 15 is 0 Å². The summed E-state index contributed by atoms with van der Waals surface area (Å²) in [6.07, 6.45) is 5.31. The molecule has 0 radical (unpaired) electrons. The van der Waals surface area contributed by atoms with Crippen LogP contribution in [0, 0.1) is 5.92 Å². The first-order valence-corrected chi connectivity index (χ1v) is 9.70. The minimum atomic E-state index is 0. The molecule has 2 amide bonds. The Kier molecular flexibility index (Phi) is 6.73. The lowest BCUT2D eigenvalue weighted by Crippen LogP contribution is -2.40. The molecule has 148 valence electrons. The summed E-state index contributed by atoms with van der Waals surface area (Å²) in [7, 11) is 0. The van der Waals surface area contributed by atoms with Gasteiger partial charge < -0.3 is 20.3 Å². The van der Waals surface area contributed by atoms with Gasteiger partial charge in [0.2, 0.25) is 5.91 Å². The number of nitrogens with one attached hydrogen (secondary N) is 2. The van der Waals surface area contributed by atoms with Crippen molar-refractivity contribution in [3.8, 4) is 0 Å². The number of morpholine rings is 1. The van der Waals surface area contributed by atoms with Crippen molar-refractivity contribution >= 4 is 29.9 Å². The number of fused-ring (bicyclic) bond motifs is 2. The Morgan fingerprint density at radius 1 is 1.07 bits per heavy atom. The molecule has 3 saturated heterocycles. The van der Waals surface area contributed by atoms with Crippen LogP contribution in [0.5, 0.6) is 0 Å². The van der Waals surface area contributed by atoms with Crippen LogP contribution in [0.2, 0.25) is 0 Å². The Balaban J connectivity index is 0.00000210. The van der Waals surface area contributed by atoms with Gasteiger partial charge in [-0.3, -0.25) is 9.59 Å². The third-order valence-corrected chi connectivity index (χ3v) is 5.76. The molecule has 3 fully saturated rings. The second-order valence-corrected chi connectivity index (χ2v) is 7.71. The van der Waals surface area contributed by atoms with Gasteiger partial charge in [-0.1, -0.05) is 0 Å². The minimum Gasteiger partial charge on any atom is -0.378 e. The number of piperidine rings is 1. The van der Waals surface area contributed by atoms with Crippen LogP contribution < -0.4 is 10.6 Å². The normalized spacial score (nSPS) is 27.0. The third kappa shape index (κ3) is 5.00. The van der Waals surface area contributed by atoms with Gasteiger partial charge in [0.15, 0.2) is 0 Å². The highest BCUT2D eigenvalue weighted by atomic mass is 35.5. The lowest BCUT2D eigenvalue weighted by molar-refractivity contribution is -0.117. The van der Waals surface area contributed by atoms with Gasteiger partial charge in [0.05, 0.1) is 13.2 Å². The van der Waals surface area contributed by atoms with E-state index in [1.54, 1.807) is 12.1 Å². The number of rotatable bonds is 4. The van der Waals surface area contributed by atoms with Crippen molar-refractivity contribution in [2.45, 2.75) is 44.2 Å². The predicted octanol–water partition coefficient (Wildman–Crippen LogP) is 2.44. The summed E-state index contributed by atoms with van der Waals surface area (Å²) < 4.78 is 5.28. The number of ether oxygens (including phenoxy) is 1. The molecule has 3 aliphatic rings. The van der Waals surface area contributed by atoms with Gasteiger partial charge in [0.1, 0.15) is 0 Å². The first-order valence-electron chi connectivity index (χ1n) is 9.70. The van der Waals surface area contributed by atoms with Gasteiger partial charge in [0.25, 0.3) is 5.91 Å². The van der Waals surface area contributed by atoms with Crippen LogP contribution >= 0.6 is 12.4 Å². The molecule has 2 bridgehead atoms. The molecule has 1 aromatic carbocycles. The first kappa shape index (κ1) is 20.1. The number of carbonyl (C=O) groups excluding carboxylic acids is 2. The van der Waals surface area contributed by atoms with E-state index in [0.29, 0.717) is 56.3 Å². The number of carbonyl (C=O) groups is 2. The fourth-order valence-electron chi connectivity index (χ4n) is 4.46. The van der Waals surface area contributed by atoms with E-state index in [9.17, 15) is 9.59 Å². The molecule has 4 rings (SSSR count). The average molecular weight is 394 g/mol. The van der Waals surface area contributed by atoms with Crippen LogP contribution in [0.1, 0.15) is 42.5 Å². The SMILES string of the molecule is Cl.O=C(CC1CC2CCC(C1)N2)Nc1ccc(C(=O)N2CCOCC2)cc1. The van der Waals surface area contributed by atoms with Crippen molar-refractivity contribution in [1.29, 1.82) is 0 Å². The zero-order valence-corrected chi connectivity index (χ0v) is 16.3. The summed E-state index contributed by atoms with van der Waals surface area (Å²) in [6, 6.07) is 8.43. The number of halogens is 1. The van der Waals surface area contributed by atoms with E-state index in [1.165, 1.54) is 12.8 Å². The van der Waals surface area contributed by atoms with Gasteiger partial charge in [0, 0.05) is 42.8 Å². The molecule has 0 spiro atoms. The fourth-order valence-corrected chi connectivity index (χ4v) is 4.46. The molecular formula is C20H28ClN3O3. The Bertz CT molecular complexity index is 649. The predicted molar refractivity (Wildman–Crippen MR) is 106 cm³/mol. The summed E-state index contributed by atoms with van der Waals surface area (Å²) in [6.45, 7) is 2.46. The van der Waals surface area contributed by atoms with Crippen LogP contribution in [-0.4, -0.2) is 55.1 Å². The van der Waals surface area contributed by atoms with E-state index in [-0.39, 0.29) is 24.2 Å². The van der Waals surface area contributed by atoms with Gasteiger partial charge >= 0.3 is 0 Å². The van der Waals surface area contributed by atoms with E-state index in [2.05, 4.69) is 10.6 Å². The maximum absolute atomic E-state index is 12.4. The largest absolute Gasteiger partial charge is 0.378 e. The van der Waals surface area contributed by atoms with Crippen LogP contribution in [0.3, 0.4) is 0 Å². The number of amides is 2. The molecule has 2 unspecified atom stereocenters. The second kappa shape index (κ2) is 9.04. The number of hydrogen-bond acceptors (Lipinski definition) is 4. The van der Waals surface area contributed by atoms with E-state index < -0.39 is 0 Å². The monoisotopic (exact) mass is 393 g/mol. The second-order valence-electron chi connectivity index (χ2n) is 7.71. The number of anilines is 1. The van der Waals surface area contributed by atoms with Gasteiger partial charge in [-0.05, 0) is 55.9 Å². The highest BCUT2D eigenvalue weighted by molar-refractivity contribution is 5.96. The summed E-state index contributed by atoms with van der Waals surface area (Å²) in [5.41, 5.74) is 1.41. The molecular weight excluding hydrogens is 366 g/mol. The Hall–Kier alpha value is -1.63. The third-order valence-electron chi connectivity index (χ3n) is 5.76. The highest BCUT2D eigenvalue weighted by Gasteiger charge is 2.34. The topological polar surface area (TPSA) is 70.7 Å². The molecule has 27 heavy (non-hydrogen) atoms. The number of nitrogens with zero attached hydrogens (tertiary/aromatic N) is 1. The van der Waals surface area contributed by atoms with Crippen LogP contribution in [0.4, 0.5) is 5.69 Å². The summed E-state index contributed by atoms with van der Waals surface area (Å²) in [5.74, 6) is 0.579. The van der Waals surface area contributed by atoms with Crippen molar-refractivity contribution in [3.05, 3.63) is 29.8 Å². The fraction of sp³-hybridized carbons (Fsp3) is 0.600. The van der Waals surface area contributed by atoms with Crippen LogP contribution in [0.15, 0.2) is 24.3 Å². The molecule has 6 nitrogen and oxygen atoms in total. The lowest BCUT2D eigenvalue weighted by atomic mass is 9.89. The molecule has 0 saturated carbocycles. The molecule has 3 heterocycles. The van der Waals surface area contributed by atoms with E-state index in [4.69, 9.17) is 4.74 Å². The molecule has 2 N–H and O–H groups in total. The molecule has 1 aromatic rings. The van der Waals surface area contributed by atoms with Crippen molar-refractivity contribution in [2.24, 2.45) is 5.92 Å². The van der Waals surface area contributed by atoms with Crippen LogP contribution in [-0.2, 0) is 9.53 Å². The Morgan fingerprint density at radius 2 is 1.70 bits per heavy atom. The molecule has 0 aromatic heterocycles. The zero-order chi connectivity index (χ0) is 17.9. The quantitative estimate of drug-likeness (QED) is 0.824. The zero-order valence-electron chi connectivity index (χ0n) is 15.5. The van der Waals surface area contributed by atoms with Gasteiger partial charge in [-0.2, -0.15) is 0 Å². The average Bonchev–Trinajstić information content (AvgIpc) is 3.00. The maximum atomic E-state index is 12.4. The lowest BCUT2D eigenvalue weighted by Gasteiger charge is -2.28. The van der Waals surface area contributed by atoms with E-state index in [0.717, 1.165) is 18.5 Å². The Morgan fingerprint density at radius 3 is 2.33 bits per heavy atom. The van der Waals surface area contributed by atoms with Gasteiger partial charge in [-0.15, -0.1) is 12.4 Å². The smallest absolute Gasteiger partial charge is 0.254 e. The highest BCUT2D eigenvalue weighted by Crippen LogP contribution is 2.32. The van der Waals surface area contributed by atoms with Crippen molar-refractivity contribution < 1.29 is 14.3 Å². The summed E-state index contributed by atoms with van der Waals surface area (Å²) in [4.78, 5) is 26.6. The Labute approximate surface area is 166 Å². The molecule has 0 aliphatic carbocycles. The minimum absolute atomic E-state index is 0.